The monoisotopic (exact) mass is 312 g/mol. The smallest absolute Gasteiger partial charge is 0.248 e. The van der Waals surface area contributed by atoms with Gasteiger partial charge in [-0.3, -0.25) is 4.79 Å². The SMILES string of the molecule is CS(=O)(=O)N1CCN(C(=O)COCc2ccccc2)CC1. The van der Waals surface area contributed by atoms with Gasteiger partial charge >= 0.3 is 0 Å². The first kappa shape index (κ1) is 15.9. The third-order valence-corrected chi connectivity index (χ3v) is 4.70. The topological polar surface area (TPSA) is 66.9 Å². The summed E-state index contributed by atoms with van der Waals surface area (Å²) in [6, 6.07) is 9.65. The second kappa shape index (κ2) is 7.02. The molecule has 0 aliphatic carbocycles. The van der Waals surface area contributed by atoms with Crippen molar-refractivity contribution in [2.45, 2.75) is 6.61 Å². The van der Waals surface area contributed by atoms with Gasteiger partial charge < -0.3 is 9.64 Å². The third-order valence-electron chi connectivity index (χ3n) is 3.40. The number of ether oxygens (including phenoxy) is 1. The molecule has 1 aromatic carbocycles. The van der Waals surface area contributed by atoms with Crippen LogP contribution in [0, 0.1) is 0 Å². The van der Waals surface area contributed by atoms with Crippen LogP contribution in [0.25, 0.3) is 0 Å². The van der Waals surface area contributed by atoms with Crippen LogP contribution in [0.3, 0.4) is 0 Å². The number of piperazine rings is 1. The highest BCUT2D eigenvalue weighted by Crippen LogP contribution is 2.07. The number of carbonyl (C=O) groups excluding carboxylic acids is 1. The van der Waals surface area contributed by atoms with E-state index in [1.54, 1.807) is 4.90 Å². The molecule has 0 bridgehead atoms. The van der Waals surface area contributed by atoms with Crippen LogP contribution in [0.1, 0.15) is 5.56 Å². The van der Waals surface area contributed by atoms with Crippen molar-refractivity contribution < 1.29 is 17.9 Å². The summed E-state index contributed by atoms with van der Waals surface area (Å²) in [6.45, 7) is 1.96. The van der Waals surface area contributed by atoms with Crippen molar-refractivity contribution in [2.24, 2.45) is 0 Å². The van der Waals surface area contributed by atoms with Crippen molar-refractivity contribution in [2.75, 3.05) is 39.0 Å². The number of benzene rings is 1. The molecule has 0 atom stereocenters. The quantitative estimate of drug-likeness (QED) is 0.785. The summed E-state index contributed by atoms with van der Waals surface area (Å²) in [5.41, 5.74) is 1.02. The molecule has 0 aromatic heterocycles. The molecule has 2 rings (SSSR count). The lowest BCUT2D eigenvalue weighted by atomic mass is 10.2. The zero-order chi connectivity index (χ0) is 15.3. The summed E-state index contributed by atoms with van der Waals surface area (Å²) in [5, 5.41) is 0. The van der Waals surface area contributed by atoms with Crippen molar-refractivity contribution in [1.82, 2.24) is 9.21 Å². The van der Waals surface area contributed by atoms with Gasteiger partial charge in [-0.1, -0.05) is 30.3 Å². The number of hydrogen-bond donors (Lipinski definition) is 0. The van der Waals surface area contributed by atoms with Crippen LogP contribution in [-0.4, -0.2) is 62.6 Å². The van der Waals surface area contributed by atoms with Crippen LogP contribution in [0.2, 0.25) is 0 Å². The molecular weight excluding hydrogens is 292 g/mol. The summed E-state index contributed by atoms with van der Waals surface area (Å²) in [5.74, 6) is -0.0981. The molecular formula is C14H20N2O4S. The largest absolute Gasteiger partial charge is 0.367 e. The molecule has 1 aromatic rings. The van der Waals surface area contributed by atoms with E-state index in [-0.39, 0.29) is 12.5 Å². The first-order valence-corrected chi connectivity index (χ1v) is 8.66. The molecule has 6 nitrogen and oxygen atoms in total. The number of rotatable bonds is 5. The van der Waals surface area contributed by atoms with Gasteiger partial charge in [0.2, 0.25) is 15.9 Å². The molecule has 7 heteroatoms. The fourth-order valence-corrected chi connectivity index (χ4v) is 3.02. The van der Waals surface area contributed by atoms with Crippen LogP contribution >= 0.6 is 0 Å². The summed E-state index contributed by atoms with van der Waals surface area (Å²) in [7, 11) is -3.16. The lowest BCUT2D eigenvalue weighted by Crippen LogP contribution is -2.51. The maximum atomic E-state index is 12.0. The maximum absolute atomic E-state index is 12.0. The van der Waals surface area contributed by atoms with Gasteiger partial charge in [0, 0.05) is 26.2 Å². The Bertz CT molecular complexity index is 566. The number of carbonyl (C=O) groups is 1. The molecule has 1 heterocycles. The van der Waals surface area contributed by atoms with Gasteiger partial charge in [-0.05, 0) is 5.56 Å². The highest BCUT2D eigenvalue weighted by molar-refractivity contribution is 7.88. The molecule has 0 spiro atoms. The zero-order valence-corrected chi connectivity index (χ0v) is 12.9. The summed E-state index contributed by atoms with van der Waals surface area (Å²) in [6.07, 6.45) is 1.19. The van der Waals surface area contributed by atoms with Crippen molar-refractivity contribution in [1.29, 1.82) is 0 Å². The highest BCUT2D eigenvalue weighted by Gasteiger charge is 2.25. The Morgan fingerprint density at radius 2 is 1.76 bits per heavy atom. The van der Waals surface area contributed by atoms with Crippen LogP contribution in [0.15, 0.2) is 30.3 Å². The lowest BCUT2D eigenvalue weighted by molar-refractivity contribution is -0.137. The van der Waals surface area contributed by atoms with Gasteiger partial charge in [-0.25, -0.2) is 8.42 Å². The Morgan fingerprint density at radius 1 is 1.14 bits per heavy atom. The number of nitrogens with zero attached hydrogens (tertiary/aromatic N) is 2. The standard InChI is InChI=1S/C14H20N2O4S/c1-21(18,19)16-9-7-15(8-10-16)14(17)12-20-11-13-5-3-2-4-6-13/h2-6H,7-12H2,1H3. The fourth-order valence-electron chi connectivity index (χ4n) is 2.19. The van der Waals surface area contributed by atoms with E-state index < -0.39 is 10.0 Å². The molecule has 1 aliphatic heterocycles. The molecule has 1 aliphatic rings. The van der Waals surface area contributed by atoms with Crippen molar-refractivity contribution in [3.8, 4) is 0 Å². The second-order valence-electron chi connectivity index (χ2n) is 5.02. The molecule has 1 fully saturated rings. The number of sulfonamides is 1. The van der Waals surface area contributed by atoms with Gasteiger partial charge in [0.15, 0.2) is 0 Å². The van der Waals surface area contributed by atoms with E-state index in [0.29, 0.717) is 32.8 Å². The van der Waals surface area contributed by atoms with Gasteiger partial charge in [-0.2, -0.15) is 4.31 Å². The Labute approximate surface area is 125 Å². The van der Waals surface area contributed by atoms with Gasteiger partial charge in [-0.15, -0.1) is 0 Å². The minimum absolute atomic E-state index is 0.0216. The normalized spacial score (nSPS) is 16.9. The van der Waals surface area contributed by atoms with E-state index >= 15 is 0 Å². The molecule has 0 radical (unpaired) electrons. The second-order valence-corrected chi connectivity index (χ2v) is 7.00. The predicted molar refractivity (Wildman–Crippen MR) is 79.1 cm³/mol. The average Bonchev–Trinajstić information content (AvgIpc) is 2.47. The van der Waals surface area contributed by atoms with Crippen LogP contribution in [0.4, 0.5) is 0 Å². The van der Waals surface area contributed by atoms with Gasteiger partial charge in [0.1, 0.15) is 6.61 Å². The van der Waals surface area contributed by atoms with Crippen molar-refractivity contribution >= 4 is 15.9 Å². The van der Waals surface area contributed by atoms with E-state index in [1.807, 2.05) is 30.3 Å². The van der Waals surface area contributed by atoms with E-state index in [9.17, 15) is 13.2 Å². The zero-order valence-electron chi connectivity index (χ0n) is 12.1. The van der Waals surface area contributed by atoms with Crippen LogP contribution < -0.4 is 0 Å². The highest BCUT2D eigenvalue weighted by atomic mass is 32.2. The molecule has 1 amide bonds. The molecule has 1 saturated heterocycles. The van der Waals surface area contributed by atoms with E-state index in [1.165, 1.54) is 10.6 Å². The Balaban J connectivity index is 1.73. The third kappa shape index (κ3) is 4.80. The van der Waals surface area contributed by atoms with E-state index in [4.69, 9.17) is 4.74 Å². The average molecular weight is 312 g/mol. The first-order chi connectivity index (χ1) is 9.97. The maximum Gasteiger partial charge on any atom is 0.248 e. The van der Waals surface area contributed by atoms with Crippen molar-refractivity contribution in [3.05, 3.63) is 35.9 Å². The first-order valence-electron chi connectivity index (χ1n) is 6.81. The fraction of sp³-hybridized carbons (Fsp3) is 0.500. The summed E-state index contributed by atoms with van der Waals surface area (Å²) < 4.78 is 29.6. The summed E-state index contributed by atoms with van der Waals surface area (Å²) in [4.78, 5) is 13.6. The molecule has 116 valence electrons. The minimum atomic E-state index is -3.16. The molecule has 0 saturated carbocycles. The Morgan fingerprint density at radius 3 is 2.33 bits per heavy atom. The minimum Gasteiger partial charge on any atom is -0.367 e. The van der Waals surface area contributed by atoms with Gasteiger partial charge in [0.25, 0.3) is 0 Å². The van der Waals surface area contributed by atoms with Crippen molar-refractivity contribution in [3.63, 3.8) is 0 Å². The number of hydrogen-bond acceptors (Lipinski definition) is 4. The van der Waals surface area contributed by atoms with E-state index in [2.05, 4.69) is 0 Å². The predicted octanol–water partition coefficient (Wildman–Crippen LogP) is 0.307. The Kier molecular flexibility index (Phi) is 5.33. The van der Waals surface area contributed by atoms with Gasteiger partial charge in [0.05, 0.1) is 12.9 Å². The number of amides is 1. The lowest BCUT2D eigenvalue weighted by Gasteiger charge is -2.33. The van der Waals surface area contributed by atoms with E-state index in [0.717, 1.165) is 5.56 Å². The molecule has 0 unspecified atom stereocenters. The van der Waals surface area contributed by atoms with Crippen LogP contribution in [-0.2, 0) is 26.2 Å². The van der Waals surface area contributed by atoms with Crippen LogP contribution in [0.5, 0.6) is 0 Å². The summed E-state index contributed by atoms with van der Waals surface area (Å²) >= 11 is 0. The Hall–Kier alpha value is -1.44. The molecule has 21 heavy (non-hydrogen) atoms. The molecule has 0 N–H and O–H groups in total.